The molecule has 1 aliphatic heterocycles. The van der Waals surface area contributed by atoms with Crippen molar-refractivity contribution in [3.8, 4) is 6.07 Å². The van der Waals surface area contributed by atoms with E-state index in [-0.39, 0.29) is 23.6 Å². The molecular formula is C19H14ClN3O2. The second-order valence-electron chi connectivity index (χ2n) is 6.32. The van der Waals surface area contributed by atoms with Gasteiger partial charge in [0.25, 0.3) is 5.69 Å². The molecule has 2 aromatic rings. The van der Waals surface area contributed by atoms with Crippen molar-refractivity contribution in [3.63, 3.8) is 0 Å². The normalized spacial score (nSPS) is 23.3. The van der Waals surface area contributed by atoms with Gasteiger partial charge in [-0.1, -0.05) is 35.9 Å². The SMILES string of the molecule is N#Cc1cccc2c1NC(c1cc([N+](=O)[O-])ccc1Cl)C1CC=CC21. The van der Waals surface area contributed by atoms with Crippen molar-refractivity contribution >= 4 is 23.0 Å². The Kier molecular flexibility index (Phi) is 3.70. The number of non-ortho nitro benzene ring substituents is 1. The highest BCUT2D eigenvalue weighted by molar-refractivity contribution is 6.31. The predicted molar refractivity (Wildman–Crippen MR) is 95.6 cm³/mol. The van der Waals surface area contributed by atoms with Crippen LogP contribution in [-0.2, 0) is 0 Å². The molecule has 3 atom stereocenters. The maximum Gasteiger partial charge on any atom is 0.269 e. The Morgan fingerprint density at radius 3 is 2.88 bits per heavy atom. The maximum absolute atomic E-state index is 11.2. The lowest BCUT2D eigenvalue weighted by Crippen LogP contribution is -2.29. The Bertz CT molecular complexity index is 948. The van der Waals surface area contributed by atoms with E-state index in [1.54, 1.807) is 12.1 Å². The van der Waals surface area contributed by atoms with Crippen molar-refractivity contribution in [2.75, 3.05) is 5.32 Å². The Morgan fingerprint density at radius 2 is 2.12 bits per heavy atom. The molecule has 124 valence electrons. The zero-order valence-corrected chi connectivity index (χ0v) is 13.9. The fraction of sp³-hybridized carbons (Fsp3) is 0.211. The molecule has 0 saturated carbocycles. The molecular weight excluding hydrogens is 338 g/mol. The van der Waals surface area contributed by atoms with Crippen LogP contribution in [0.1, 0.15) is 35.1 Å². The zero-order valence-electron chi connectivity index (χ0n) is 13.1. The van der Waals surface area contributed by atoms with Gasteiger partial charge in [-0.2, -0.15) is 5.26 Å². The first-order valence-electron chi connectivity index (χ1n) is 8.00. The number of rotatable bonds is 2. The average molecular weight is 352 g/mol. The van der Waals surface area contributed by atoms with Crippen LogP contribution in [0.25, 0.3) is 0 Å². The van der Waals surface area contributed by atoms with Gasteiger partial charge in [0.1, 0.15) is 6.07 Å². The minimum absolute atomic E-state index is 0.0167. The number of hydrogen-bond donors (Lipinski definition) is 1. The second-order valence-corrected chi connectivity index (χ2v) is 6.73. The minimum Gasteiger partial charge on any atom is -0.377 e. The van der Waals surface area contributed by atoms with E-state index in [1.165, 1.54) is 12.1 Å². The summed E-state index contributed by atoms with van der Waals surface area (Å²) in [5.41, 5.74) is 3.18. The van der Waals surface area contributed by atoms with Gasteiger partial charge in [-0.05, 0) is 30.0 Å². The molecule has 0 amide bonds. The highest BCUT2D eigenvalue weighted by atomic mass is 35.5. The van der Waals surface area contributed by atoms with Crippen molar-refractivity contribution in [3.05, 3.63) is 80.4 Å². The van der Waals surface area contributed by atoms with Crippen LogP contribution >= 0.6 is 11.6 Å². The van der Waals surface area contributed by atoms with Crippen LogP contribution in [-0.4, -0.2) is 4.92 Å². The summed E-state index contributed by atoms with van der Waals surface area (Å²) in [6, 6.07) is 12.3. The first-order chi connectivity index (χ1) is 12.1. The van der Waals surface area contributed by atoms with E-state index in [9.17, 15) is 15.4 Å². The molecule has 0 radical (unpaired) electrons. The van der Waals surface area contributed by atoms with Gasteiger partial charge >= 0.3 is 0 Å². The van der Waals surface area contributed by atoms with Gasteiger partial charge in [0.2, 0.25) is 0 Å². The molecule has 0 aromatic heterocycles. The van der Waals surface area contributed by atoms with E-state index in [2.05, 4.69) is 23.5 Å². The third kappa shape index (κ3) is 2.46. The second kappa shape index (κ2) is 5.91. The fourth-order valence-corrected chi connectivity index (χ4v) is 4.14. The number of hydrogen-bond acceptors (Lipinski definition) is 4. The lowest BCUT2D eigenvalue weighted by atomic mass is 9.76. The highest BCUT2D eigenvalue weighted by Crippen LogP contribution is 2.51. The van der Waals surface area contributed by atoms with Crippen LogP contribution in [0.2, 0.25) is 5.02 Å². The molecule has 4 rings (SSSR count). The van der Waals surface area contributed by atoms with Gasteiger partial charge in [0.15, 0.2) is 0 Å². The number of allylic oxidation sites excluding steroid dienone is 2. The van der Waals surface area contributed by atoms with Crippen LogP contribution in [0.3, 0.4) is 0 Å². The number of nitriles is 1. The van der Waals surface area contributed by atoms with Gasteiger partial charge in [0, 0.05) is 28.6 Å². The molecule has 2 aromatic carbocycles. The van der Waals surface area contributed by atoms with Gasteiger partial charge in [-0.25, -0.2) is 0 Å². The van der Waals surface area contributed by atoms with Crippen molar-refractivity contribution in [2.45, 2.75) is 18.4 Å². The molecule has 0 spiro atoms. The lowest BCUT2D eigenvalue weighted by molar-refractivity contribution is -0.384. The van der Waals surface area contributed by atoms with Crippen LogP contribution in [0.15, 0.2) is 48.6 Å². The zero-order chi connectivity index (χ0) is 17.6. The van der Waals surface area contributed by atoms with Gasteiger partial charge in [0.05, 0.1) is 22.2 Å². The van der Waals surface area contributed by atoms with Crippen molar-refractivity contribution in [1.29, 1.82) is 5.26 Å². The summed E-state index contributed by atoms with van der Waals surface area (Å²) in [6.07, 6.45) is 5.14. The molecule has 5 nitrogen and oxygen atoms in total. The van der Waals surface area contributed by atoms with E-state index in [4.69, 9.17) is 11.6 Å². The molecule has 25 heavy (non-hydrogen) atoms. The summed E-state index contributed by atoms with van der Waals surface area (Å²) in [6.45, 7) is 0. The van der Waals surface area contributed by atoms with Gasteiger partial charge < -0.3 is 5.32 Å². The number of halogens is 1. The van der Waals surface area contributed by atoms with E-state index < -0.39 is 4.92 Å². The first-order valence-corrected chi connectivity index (χ1v) is 8.38. The Balaban J connectivity index is 1.86. The molecule has 6 heteroatoms. The molecule has 3 unspecified atom stereocenters. The summed E-state index contributed by atoms with van der Waals surface area (Å²) in [5.74, 6) is 0.380. The monoisotopic (exact) mass is 351 g/mol. The topological polar surface area (TPSA) is 79.0 Å². The summed E-state index contributed by atoms with van der Waals surface area (Å²) in [4.78, 5) is 10.7. The van der Waals surface area contributed by atoms with E-state index in [0.717, 1.165) is 17.7 Å². The summed E-state index contributed by atoms with van der Waals surface area (Å²) >= 11 is 6.38. The van der Waals surface area contributed by atoms with Crippen molar-refractivity contribution in [2.24, 2.45) is 5.92 Å². The minimum atomic E-state index is -0.415. The maximum atomic E-state index is 11.2. The number of nitro groups is 1. The first kappa shape index (κ1) is 15.7. The van der Waals surface area contributed by atoms with E-state index in [1.807, 2.05) is 12.1 Å². The molecule has 1 aliphatic carbocycles. The van der Waals surface area contributed by atoms with Crippen LogP contribution in [0.5, 0.6) is 0 Å². The van der Waals surface area contributed by atoms with E-state index in [0.29, 0.717) is 16.1 Å². The Morgan fingerprint density at radius 1 is 1.28 bits per heavy atom. The lowest BCUT2D eigenvalue weighted by Gasteiger charge is -2.38. The number of anilines is 1. The Labute approximate surface area is 149 Å². The van der Waals surface area contributed by atoms with Gasteiger partial charge in [-0.15, -0.1) is 0 Å². The summed E-state index contributed by atoms with van der Waals surface area (Å²) in [5, 5.41) is 24.5. The molecule has 2 aliphatic rings. The van der Waals surface area contributed by atoms with Crippen molar-refractivity contribution < 1.29 is 4.92 Å². The Hall–Kier alpha value is -2.84. The third-order valence-corrected chi connectivity index (χ3v) is 5.39. The number of nitrogens with one attached hydrogen (secondary N) is 1. The van der Waals surface area contributed by atoms with Crippen molar-refractivity contribution in [1.82, 2.24) is 0 Å². The number of fused-ring (bicyclic) bond motifs is 3. The molecule has 0 fully saturated rings. The largest absolute Gasteiger partial charge is 0.377 e. The molecule has 0 bridgehead atoms. The van der Waals surface area contributed by atoms with E-state index >= 15 is 0 Å². The third-order valence-electron chi connectivity index (χ3n) is 5.04. The van der Waals surface area contributed by atoms with Crippen LogP contribution in [0, 0.1) is 27.4 Å². The average Bonchev–Trinajstić information content (AvgIpc) is 3.11. The number of benzene rings is 2. The van der Waals surface area contributed by atoms with Gasteiger partial charge in [-0.3, -0.25) is 10.1 Å². The number of nitrogens with zero attached hydrogens (tertiary/aromatic N) is 2. The molecule has 1 heterocycles. The quantitative estimate of drug-likeness (QED) is 0.472. The summed E-state index contributed by atoms with van der Waals surface area (Å²) < 4.78 is 0. The van der Waals surface area contributed by atoms with Crippen LogP contribution in [0.4, 0.5) is 11.4 Å². The smallest absolute Gasteiger partial charge is 0.269 e. The number of nitro benzene ring substituents is 1. The highest BCUT2D eigenvalue weighted by Gasteiger charge is 2.39. The standard InChI is InChI=1S/C19H14ClN3O2/c20-17-8-7-12(23(24)25)9-16(17)19-15-6-2-4-13(15)14-5-1-3-11(10-21)18(14)22-19/h1-5,7-9,13,15,19,22H,6H2. The molecule has 0 saturated heterocycles. The number of para-hydroxylation sites is 1. The predicted octanol–water partition coefficient (Wildman–Crippen LogP) is 4.95. The van der Waals surface area contributed by atoms with Crippen LogP contribution < -0.4 is 5.32 Å². The summed E-state index contributed by atoms with van der Waals surface area (Å²) in [7, 11) is 0. The molecule has 1 N–H and O–H groups in total. The fourth-order valence-electron chi connectivity index (χ4n) is 3.91.